The summed E-state index contributed by atoms with van der Waals surface area (Å²) < 4.78 is 11.4. The Hall–Kier alpha value is -4.34. The highest BCUT2D eigenvalue weighted by Crippen LogP contribution is 2.46. The van der Waals surface area contributed by atoms with Gasteiger partial charge in [-0.15, -0.1) is 11.3 Å². The van der Waals surface area contributed by atoms with E-state index >= 15 is 0 Å². The SMILES string of the molecule is c1ccc2c(c1)cn1c2c2ccc3c4ccccc4sc3c2c2ccc3oc4ccccc4c3c21. The van der Waals surface area contributed by atoms with E-state index in [2.05, 4.69) is 102 Å². The minimum absolute atomic E-state index is 0.931. The van der Waals surface area contributed by atoms with Gasteiger partial charge in [0.15, 0.2) is 0 Å². The van der Waals surface area contributed by atoms with Gasteiger partial charge in [0.25, 0.3) is 0 Å². The molecule has 3 heteroatoms. The molecule has 0 saturated heterocycles. The number of benzene rings is 5. The third-order valence-electron chi connectivity index (χ3n) is 7.55. The average Bonchev–Trinajstić information content (AvgIpc) is 3.59. The minimum Gasteiger partial charge on any atom is -0.456 e. The van der Waals surface area contributed by atoms with Gasteiger partial charge in [-0.2, -0.15) is 0 Å². The van der Waals surface area contributed by atoms with E-state index in [1.165, 1.54) is 63.5 Å². The number of furan rings is 1. The van der Waals surface area contributed by atoms with Gasteiger partial charge in [0.2, 0.25) is 0 Å². The van der Waals surface area contributed by atoms with Crippen molar-refractivity contribution in [2.75, 3.05) is 0 Å². The first kappa shape index (κ1) is 18.0. The summed E-state index contributed by atoms with van der Waals surface area (Å²) in [5.74, 6) is 0. The van der Waals surface area contributed by atoms with Gasteiger partial charge in [-0.25, -0.2) is 0 Å². The van der Waals surface area contributed by atoms with Gasteiger partial charge in [-0.1, -0.05) is 72.8 Å². The summed E-state index contributed by atoms with van der Waals surface area (Å²) in [5, 5.41) is 11.4. The average molecular weight is 464 g/mol. The Labute approximate surface area is 203 Å². The van der Waals surface area contributed by atoms with Crippen LogP contribution in [0.25, 0.3) is 80.1 Å². The Kier molecular flexibility index (Phi) is 3.20. The summed E-state index contributed by atoms with van der Waals surface area (Å²) >= 11 is 1.90. The predicted molar refractivity (Wildman–Crippen MR) is 150 cm³/mol. The number of thiophene rings is 1. The Morgan fingerprint density at radius 2 is 1.23 bits per heavy atom. The van der Waals surface area contributed by atoms with Crippen LogP contribution in [0.3, 0.4) is 0 Å². The minimum atomic E-state index is 0.931. The molecular formula is C32H17NOS. The molecule has 0 aliphatic carbocycles. The fourth-order valence-corrected chi connectivity index (χ4v) is 7.38. The number of para-hydroxylation sites is 1. The van der Waals surface area contributed by atoms with Crippen LogP contribution in [0.2, 0.25) is 0 Å². The van der Waals surface area contributed by atoms with E-state index < -0.39 is 0 Å². The van der Waals surface area contributed by atoms with Gasteiger partial charge >= 0.3 is 0 Å². The molecule has 9 rings (SSSR count). The number of pyridine rings is 1. The Morgan fingerprint density at radius 3 is 2.17 bits per heavy atom. The molecule has 0 amide bonds. The normalized spacial score (nSPS) is 12.6. The topological polar surface area (TPSA) is 17.6 Å². The Balaban J connectivity index is 1.69. The molecule has 0 unspecified atom stereocenters. The van der Waals surface area contributed by atoms with Crippen molar-refractivity contribution in [2.24, 2.45) is 0 Å². The van der Waals surface area contributed by atoms with Gasteiger partial charge in [-0.05, 0) is 24.3 Å². The highest BCUT2D eigenvalue weighted by molar-refractivity contribution is 7.26. The molecule has 0 aliphatic rings. The molecule has 4 heterocycles. The van der Waals surface area contributed by atoms with Crippen LogP contribution in [-0.2, 0) is 0 Å². The van der Waals surface area contributed by atoms with Crippen LogP contribution in [0.15, 0.2) is 108 Å². The van der Waals surface area contributed by atoms with Crippen molar-refractivity contribution in [1.29, 1.82) is 0 Å². The number of hydrogen-bond donors (Lipinski definition) is 0. The second-order valence-electron chi connectivity index (χ2n) is 9.33. The summed E-state index contributed by atoms with van der Waals surface area (Å²) in [4.78, 5) is 0. The van der Waals surface area contributed by atoms with Crippen molar-refractivity contribution in [2.45, 2.75) is 0 Å². The number of hydrogen-bond acceptors (Lipinski definition) is 2. The highest BCUT2D eigenvalue weighted by atomic mass is 32.1. The monoisotopic (exact) mass is 463 g/mol. The Morgan fingerprint density at radius 1 is 0.514 bits per heavy atom. The van der Waals surface area contributed by atoms with Crippen molar-refractivity contribution >= 4 is 91.4 Å². The van der Waals surface area contributed by atoms with E-state index in [0.717, 1.165) is 16.6 Å². The second kappa shape index (κ2) is 6.21. The first-order valence-electron chi connectivity index (χ1n) is 11.9. The van der Waals surface area contributed by atoms with Gasteiger partial charge in [0.05, 0.1) is 16.4 Å². The molecule has 0 spiro atoms. The molecule has 0 bridgehead atoms. The second-order valence-corrected chi connectivity index (χ2v) is 10.4. The molecule has 0 radical (unpaired) electrons. The maximum atomic E-state index is 6.32. The van der Waals surface area contributed by atoms with E-state index in [1.54, 1.807) is 0 Å². The lowest BCUT2D eigenvalue weighted by Crippen LogP contribution is -1.91. The van der Waals surface area contributed by atoms with Gasteiger partial charge < -0.3 is 8.82 Å². The fourth-order valence-electron chi connectivity index (χ4n) is 6.11. The number of rotatable bonds is 0. The largest absolute Gasteiger partial charge is 0.456 e. The molecule has 0 N–H and O–H groups in total. The molecule has 9 aromatic rings. The summed E-state index contributed by atoms with van der Waals surface area (Å²) in [6.07, 6.45) is 2.29. The summed E-state index contributed by atoms with van der Waals surface area (Å²) in [7, 11) is 0. The van der Waals surface area contributed by atoms with Crippen LogP contribution < -0.4 is 0 Å². The lowest BCUT2D eigenvalue weighted by molar-refractivity contribution is 0.669. The number of nitrogens with zero attached hydrogens (tertiary/aromatic N) is 1. The molecule has 2 nitrogen and oxygen atoms in total. The van der Waals surface area contributed by atoms with E-state index in [-0.39, 0.29) is 0 Å². The molecule has 0 aliphatic heterocycles. The van der Waals surface area contributed by atoms with Crippen LogP contribution in [0.5, 0.6) is 0 Å². The van der Waals surface area contributed by atoms with Crippen LogP contribution in [0.4, 0.5) is 0 Å². The summed E-state index contributed by atoms with van der Waals surface area (Å²) in [6, 6.07) is 34.9. The maximum Gasteiger partial charge on any atom is 0.137 e. The van der Waals surface area contributed by atoms with Crippen LogP contribution in [0.1, 0.15) is 0 Å². The third kappa shape index (κ3) is 2.15. The van der Waals surface area contributed by atoms with Crippen molar-refractivity contribution in [3.8, 4) is 0 Å². The molecular weight excluding hydrogens is 446 g/mol. The van der Waals surface area contributed by atoms with Crippen molar-refractivity contribution in [3.05, 3.63) is 103 Å². The van der Waals surface area contributed by atoms with Crippen LogP contribution >= 0.6 is 11.3 Å². The summed E-state index contributed by atoms with van der Waals surface area (Å²) in [6.45, 7) is 0. The summed E-state index contributed by atoms with van der Waals surface area (Å²) in [5.41, 5.74) is 4.34. The molecule has 162 valence electrons. The number of fused-ring (bicyclic) bond motifs is 16. The lowest BCUT2D eigenvalue weighted by Gasteiger charge is -2.12. The van der Waals surface area contributed by atoms with E-state index in [4.69, 9.17) is 4.42 Å². The maximum absolute atomic E-state index is 6.32. The van der Waals surface area contributed by atoms with Crippen LogP contribution in [-0.4, -0.2) is 4.40 Å². The first-order chi connectivity index (χ1) is 17.4. The zero-order valence-corrected chi connectivity index (χ0v) is 19.4. The van der Waals surface area contributed by atoms with Crippen LogP contribution in [0, 0.1) is 0 Å². The van der Waals surface area contributed by atoms with Crippen molar-refractivity contribution in [3.63, 3.8) is 0 Å². The molecule has 0 fully saturated rings. The van der Waals surface area contributed by atoms with Crippen molar-refractivity contribution in [1.82, 2.24) is 4.40 Å². The quantitative estimate of drug-likeness (QED) is 0.205. The van der Waals surface area contributed by atoms with E-state index in [1.807, 2.05) is 17.4 Å². The lowest BCUT2D eigenvalue weighted by atomic mass is 9.99. The van der Waals surface area contributed by atoms with E-state index in [0.29, 0.717) is 0 Å². The third-order valence-corrected chi connectivity index (χ3v) is 8.76. The zero-order chi connectivity index (χ0) is 22.7. The smallest absolute Gasteiger partial charge is 0.137 e. The molecule has 0 atom stereocenters. The van der Waals surface area contributed by atoms with E-state index in [9.17, 15) is 0 Å². The fraction of sp³-hybridized carbons (Fsp3) is 0. The Bertz CT molecular complexity index is 2330. The van der Waals surface area contributed by atoms with Gasteiger partial charge in [-0.3, -0.25) is 0 Å². The first-order valence-corrected chi connectivity index (χ1v) is 12.7. The van der Waals surface area contributed by atoms with Gasteiger partial charge in [0.1, 0.15) is 11.2 Å². The standard InChI is InChI=1S/C32H17NOS/c1-2-8-19-18(7-1)17-33-30(19)23-14-13-21-20-9-4-6-12-27(20)35-32(21)28(23)24-15-16-26-29(31(24)33)22-10-3-5-11-25(22)34-26/h1-17H. The zero-order valence-electron chi connectivity index (χ0n) is 18.6. The predicted octanol–water partition coefficient (Wildman–Crippen LogP) is 9.67. The van der Waals surface area contributed by atoms with Gasteiger partial charge in [0, 0.05) is 58.7 Å². The molecule has 35 heavy (non-hydrogen) atoms. The molecule has 0 saturated carbocycles. The molecule has 5 aromatic carbocycles. The molecule has 4 aromatic heterocycles. The van der Waals surface area contributed by atoms with Crippen molar-refractivity contribution < 1.29 is 4.42 Å². The highest BCUT2D eigenvalue weighted by Gasteiger charge is 2.20. The number of aromatic nitrogens is 1.